The topological polar surface area (TPSA) is 130 Å². The molecule has 4 rings (SSSR count). The molecular formula is C27H32N4O5S. The molecule has 37 heavy (non-hydrogen) atoms. The minimum atomic E-state index is -3.96. The number of fused-ring (bicyclic) bond motifs is 1. The molecule has 10 heteroatoms. The molecular weight excluding hydrogens is 492 g/mol. The number of aliphatic hydroxyl groups is 1. The second-order valence-electron chi connectivity index (χ2n) is 9.32. The van der Waals surface area contributed by atoms with E-state index in [1.54, 1.807) is 44.4 Å². The van der Waals surface area contributed by atoms with E-state index in [1.165, 1.54) is 12.1 Å². The lowest BCUT2D eigenvalue weighted by molar-refractivity contribution is 0.146. The molecule has 0 saturated carbocycles. The molecule has 0 aliphatic carbocycles. The summed E-state index contributed by atoms with van der Waals surface area (Å²) < 4.78 is 33.1. The van der Waals surface area contributed by atoms with Crippen molar-refractivity contribution in [3.63, 3.8) is 0 Å². The van der Waals surface area contributed by atoms with Crippen molar-refractivity contribution >= 4 is 16.1 Å². The summed E-state index contributed by atoms with van der Waals surface area (Å²) in [6.45, 7) is 4.54. The molecule has 1 aliphatic heterocycles. The highest BCUT2D eigenvalue weighted by atomic mass is 32.2. The van der Waals surface area contributed by atoms with E-state index < -0.39 is 22.2 Å². The first-order chi connectivity index (χ1) is 17.7. The third-order valence-electron chi connectivity index (χ3n) is 6.01. The SMILES string of the molecule is CC(C)NC(=O)NS(=O)(=O)c1ccc(-c2ccc3c(c2)CC[C@H](CNC[C@H](O)c2cccnc2)O3)cc1. The van der Waals surface area contributed by atoms with Crippen molar-refractivity contribution in [2.45, 2.75) is 49.8 Å². The number of rotatable bonds is 9. The zero-order valence-corrected chi connectivity index (χ0v) is 21.7. The maximum absolute atomic E-state index is 12.5. The van der Waals surface area contributed by atoms with Crippen LogP contribution in [-0.4, -0.2) is 49.8 Å². The Morgan fingerprint density at radius 3 is 2.59 bits per heavy atom. The predicted octanol–water partition coefficient (Wildman–Crippen LogP) is 3.16. The fraction of sp³-hybridized carbons (Fsp3) is 0.333. The number of pyridine rings is 1. The van der Waals surface area contributed by atoms with E-state index in [0.717, 1.165) is 40.8 Å². The van der Waals surface area contributed by atoms with Gasteiger partial charge in [-0.3, -0.25) is 4.98 Å². The highest BCUT2D eigenvalue weighted by molar-refractivity contribution is 7.90. The van der Waals surface area contributed by atoms with Crippen LogP contribution >= 0.6 is 0 Å². The molecule has 0 bridgehead atoms. The van der Waals surface area contributed by atoms with Gasteiger partial charge in [0.2, 0.25) is 0 Å². The van der Waals surface area contributed by atoms with Crippen LogP contribution in [0.4, 0.5) is 4.79 Å². The Kier molecular flexibility index (Phi) is 8.42. The van der Waals surface area contributed by atoms with Crippen LogP contribution in [0.1, 0.15) is 37.5 Å². The first-order valence-corrected chi connectivity index (χ1v) is 13.7. The molecule has 2 aromatic carbocycles. The van der Waals surface area contributed by atoms with Crippen LogP contribution in [0.5, 0.6) is 5.75 Å². The first kappa shape index (κ1) is 26.6. The van der Waals surface area contributed by atoms with E-state index in [2.05, 4.69) is 21.7 Å². The summed E-state index contributed by atoms with van der Waals surface area (Å²) in [4.78, 5) is 15.9. The van der Waals surface area contributed by atoms with E-state index in [1.807, 2.05) is 22.9 Å². The van der Waals surface area contributed by atoms with Gasteiger partial charge in [-0.15, -0.1) is 0 Å². The quantitative estimate of drug-likeness (QED) is 0.338. The molecule has 0 unspecified atom stereocenters. The second kappa shape index (κ2) is 11.7. The third kappa shape index (κ3) is 7.06. The van der Waals surface area contributed by atoms with Gasteiger partial charge < -0.3 is 20.5 Å². The molecule has 2 amide bonds. The lowest BCUT2D eigenvalue weighted by Crippen LogP contribution is -2.42. The smallest absolute Gasteiger partial charge is 0.328 e. The number of nitrogens with one attached hydrogen (secondary N) is 3. The van der Waals surface area contributed by atoms with Crippen molar-refractivity contribution in [1.82, 2.24) is 20.3 Å². The number of nitrogens with zero attached hydrogens (tertiary/aromatic N) is 1. The van der Waals surface area contributed by atoms with Gasteiger partial charge in [0, 0.05) is 37.1 Å². The minimum Gasteiger partial charge on any atom is -0.489 e. The average Bonchev–Trinajstić information content (AvgIpc) is 2.88. The molecule has 2 heterocycles. The molecule has 1 aromatic heterocycles. The van der Waals surface area contributed by atoms with Crippen LogP contribution in [0.25, 0.3) is 11.1 Å². The molecule has 0 saturated heterocycles. The number of aryl methyl sites for hydroxylation is 1. The van der Waals surface area contributed by atoms with Gasteiger partial charge in [-0.1, -0.05) is 24.3 Å². The van der Waals surface area contributed by atoms with Crippen molar-refractivity contribution in [3.8, 4) is 16.9 Å². The number of urea groups is 1. The lowest BCUT2D eigenvalue weighted by Gasteiger charge is -2.27. The number of carbonyl (C=O) groups excluding carboxylic acids is 1. The molecule has 4 N–H and O–H groups in total. The van der Waals surface area contributed by atoms with Crippen molar-refractivity contribution in [3.05, 3.63) is 78.1 Å². The van der Waals surface area contributed by atoms with Gasteiger partial charge in [0.25, 0.3) is 10.0 Å². The van der Waals surface area contributed by atoms with Crippen molar-refractivity contribution in [1.29, 1.82) is 0 Å². The number of hydrogen-bond donors (Lipinski definition) is 4. The van der Waals surface area contributed by atoms with E-state index in [9.17, 15) is 18.3 Å². The fourth-order valence-electron chi connectivity index (χ4n) is 4.14. The summed E-state index contributed by atoms with van der Waals surface area (Å²) in [5.41, 5.74) is 3.68. The van der Waals surface area contributed by atoms with Gasteiger partial charge in [0.05, 0.1) is 11.0 Å². The largest absolute Gasteiger partial charge is 0.489 e. The van der Waals surface area contributed by atoms with Gasteiger partial charge in [-0.05, 0) is 73.7 Å². The standard InChI is InChI=1S/C27H32N4O5S/c1-18(2)30-27(33)31-37(34,35)24-10-6-19(7-11-24)20-8-12-26-21(14-20)5-9-23(36-26)16-29-17-25(32)22-4-3-13-28-15-22/h3-4,6-8,10-15,18,23,25,29,32H,5,9,16-17H2,1-2H3,(H2,30,31,33)/t23-,25+/m1/s1. The summed E-state index contributed by atoms with van der Waals surface area (Å²) in [7, 11) is -3.96. The molecule has 0 fully saturated rings. The first-order valence-electron chi connectivity index (χ1n) is 12.2. The van der Waals surface area contributed by atoms with Crippen molar-refractivity contribution in [2.75, 3.05) is 13.1 Å². The molecule has 1 aliphatic rings. The van der Waals surface area contributed by atoms with Crippen LogP contribution in [0.15, 0.2) is 71.9 Å². The van der Waals surface area contributed by atoms with E-state index in [4.69, 9.17) is 4.74 Å². The fourth-order valence-corrected chi connectivity index (χ4v) is 5.05. The maximum Gasteiger partial charge on any atom is 0.328 e. The zero-order chi connectivity index (χ0) is 26.4. The number of sulfonamides is 1. The summed E-state index contributed by atoms with van der Waals surface area (Å²) in [6.07, 6.45) is 4.41. The Hall–Kier alpha value is -3.47. The van der Waals surface area contributed by atoms with Crippen LogP contribution in [0.3, 0.4) is 0 Å². The van der Waals surface area contributed by atoms with Gasteiger partial charge in [-0.2, -0.15) is 0 Å². The highest BCUT2D eigenvalue weighted by Gasteiger charge is 2.21. The number of aromatic nitrogens is 1. The van der Waals surface area contributed by atoms with Gasteiger partial charge in [0.15, 0.2) is 0 Å². The number of hydrogen-bond acceptors (Lipinski definition) is 7. The predicted molar refractivity (Wildman–Crippen MR) is 141 cm³/mol. The van der Waals surface area contributed by atoms with Crippen LogP contribution < -0.4 is 20.1 Å². The van der Waals surface area contributed by atoms with Crippen LogP contribution in [0.2, 0.25) is 0 Å². The number of carbonyl (C=O) groups is 1. The molecule has 9 nitrogen and oxygen atoms in total. The second-order valence-corrected chi connectivity index (χ2v) is 11.0. The van der Waals surface area contributed by atoms with Crippen molar-refractivity contribution < 1.29 is 23.1 Å². The molecule has 0 radical (unpaired) electrons. The summed E-state index contributed by atoms with van der Waals surface area (Å²) in [5.74, 6) is 0.828. The Morgan fingerprint density at radius 2 is 1.89 bits per heavy atom. The van der Waals surface area contributed by atoms with Gasteiger partial charge >= 0.3 is 6.03 Å². The van der Waals surface area contributed by atoms with Crippen LogP contribution in [0, 0.1) is 0 Å². The zero-order valence-electron chi connectivity index (χ0n) is 20.8. The van der Waals surface area contributed by atoms with Gasteiger partial charge in [0.1, 0.15) is 11.9 Å². The minimum absolute atomic E-state index is 0.00401. The molecule has 3 aromatic rings. The normalized spacial score (nSPS) is 15.9. The summed E-state index contributed by atoms with van der Waals surface area (Å²) in [6, 6.07) is 15.1. The lowest BCUT2D eigenvalue weighted by atomic mass is 9.97. The maximum atomic E-state index is 12.5. The van der Waals surface area contributed by atoms with Crippen molar-refractivity contribution in [2.24, 2.45) is 0 Å². The summed E-state index contributed by atoms with van der Waals surface area (Å²) >= 11 is 0. The van der Waals surface area contributed by atoms with E-state index in [-0.39, 0.29) is 17.0 Å². The molecule has 0 spiro atoms. The summed E-state index contributed by atoms with van der Waals surface area (Å²) in [5, 5.41) is 16.1. The number of ether oxygens (including phenoxy) is 1. The Morgan fingerprint density at radius 1 is 1.14 bits per heavy atom. The number of benzene rings is 2. The monoisotopic (exact) mass is 524 g/mol. The number of amides is 2. The Balaban J connectivity index is 1.34. The Labute approximate surface area is 217 Å². The van der Waals surface area contributed by atoms with Crippen LogP contribution in [-0.2, 0) is 16.4 Å². The van der Waals surface area contributed by atoms with E-state index in [0.29, 0.717) is 13.1 Å². The number of aliphatic hydroxyl groups excluding tert-OH is 1. The highest BCUT2D eigenvalue weighted by Crippen LogP contribution is 2.32. The average molecular weight is 525 g/mol. The van der Waals surface area contributed by atoms with Gasteiger partial charge in [-0.25, -0.2) is 17.9 Å². The third-order valence-corrected chi connectivity index (χ3v) is 7.36. The Bertz CT molecular complexity index is 1310. The van der Waals surface area contributed by atoms with E-state index >= 15 is 0 Å². The molecule has 196 valence electrons. The molecule has 2 atom stereocenters.